The molecule has 0 saturated heterocycles. The Morgan fingerprint density at radius 1 is 1.40 bits per heavy atom. The average molecular weight is 216 g/mol. The Kier molecular flexibility index (Phi) is 7.21. The van der Waals surface area contributed by atoms with Gasteiger partial charge in [-0.3, -0.25) is 4.79 Å². The molecular weight excluding hydrogens is 196 g/mol. The fourth-order valence-corrected chi connectivity index (χ4v) is 1.07. The summed E-state index contributed by atoms with van der Waals surface area (Å²) in [5.41, 5.74) is 0.963. The van der Waals surface area contributed by atoms with Crippen molar-refractivity contribution in [1.82, 2.24) is 0 Å². The number of methoxy groups -OCH3 is 1. The first-order valence-corrected chi connectivity index (χ1v) is 5.04. The van der Waals surface area contributed by atoms with Crippen molar-refractivity contribution in [2.24, 2.45) is 5.92 Å². The normalized spacial score (nSPS) is 14.4. The second-order valence-corrected chi connectivity index (χ2v) is 3.84. The molecule has 0 saturated carbocycles. The van der Waals surface area contributed by atoms with Crippen LogP contribution in [0.5, 0.6) is 0 Å². The third-order valence-electron chi connectivity index (χ3n) is 2.17. The molecule has 0 bridgehead atoms. The topological polar surface area (TPSA) is 55.8 Å². The molecule has 0 aliphatic heterocycles. The second-order valence-electron chi connectivity index (χ2n) is 3.84. The van der Waals surface area contributed by atoms with Gasteiger partial charge in [0, 0.05) is 19.4 Å². The monoisotopic (exact) mass is 216 g/mol. The second kappa shape index (κ2) is 7.56. The number of ether oxygens (including phenoxy) is 1. The molecule has 0 rings (SSSR count). The Hall–Kier alpha value is -0.710. The standard InChI is InChI=1S/C11H20O4/c1-8(2)10(12)6-5-9(3)7-11(14-4)15-13/h7-8,11,13H,5-6H2,1-4H3/b9-7+. The minimum Gasteiger partial charge on any atom is -0.350 e. The van der Waals surface area contributed by atoms with E-state index in [0.717, 1.165) is 5.57 Å². The lowest BCUT2D eigenvalue weighted by atomic mass is 10.0. The van der Waals surface area contributed by atoms with Crippen LogP contribution in [-0.4, -0.2) is 24.4 Å². The predicted molar refractivity (Wildman–Crippen MR) is 57.3 cm³/mol. The molecule has 0 heterocycles. The maximum Gasteiger partial charge on any atom is 0.210 e. The highest BCUT2D eigenvalue weighted by Crippen LogP contribution is 2.10. The number of hydrogen-bond donors (Lipinski definition) is 1. The van der Waals surface area contributed by atoms with Crippen molar-refractivity contribution in [3.63, 3.8) is 0 Å². The molecule has 4 nitrogen and oxygen atoms in total. The molecule has 15 heavy (non-hydrogen) atoms. The summed E-state index contributed by atoms with van der Waals surface area (Å²) in [6.07, 6.45) is 2.08. The average Bonchev–Trinajstić information content (AvgIpc) is 2.22. The largest absolute Gasteiger partial charge is 0.350 e. The maximum absolute atomic E-state index is 11.3. The van der Waals surface area contributed by atoms with Gasteiger partial charge in [-0.2, -0.15) is 0 Å². The van der Waals surface area contributed by atoms with Gasteiger partial charge < -0.3 is 4.74 Å². The zero-order chi connectivity index (χ0) is 11.8. The Balaban J connectivity index is 4.02. The highest BCUT2D eigenvalue weighted by molar-refractivity contribution is 5.80. The van der Waals surface area contributed by atoms with Crippen LogP contribution >= 0.6 is 0 Å². The molecule has 1 unspecified atom stereocenters. The summed E-state index contributed by atoms with van der Waals surface area (Å²) in [7, 11) is 1.43. The van der Waals surface area contributed by atoms with Gasteiger partial charge in [0.25, 0.3) is 0 Å². The third-order valence-corrected chi connectivity index (χ3v) is 2.17. The minimum atomic E-state index is -0.751. The summed E-state index contributed by atoms with van der Waals surface area (Å²) in [4.78, 5) is 15.4. The fraction of sp³-hybridized carbons (Fsp3) is 0.727. The van der Waals surface area contributed by atoms with E-state index >= 15 is 0 Å². The van der Waals surface area contributed by atoms with Gasteiger partial charge in [-0.05, 0) is 19.4 Å². The van der Waals surface area contributed by atoms with Gasteiger partial charge in [-0.25, -0.2) is 10.1 Å². The van der Waals surface area contributed by atoms with Gasteiger partial charge in [-0.15, -0.1) is 0 Å². The van der Waals surface area contributed by atoms with Crippen LogP contribution < -0.4 is 0 Å². The Morgan fingerprint density at radius 2 is 2.00 bits per heavy atom. The van der Waals surface area contributed by atoms with Gasteiger partial charge in [0.05, 0.1) is 0 Å². The van der Waals surface area contributed by atoms with Crippen LogP contribution in [0, 0.1) is 5.92 Å². The van der Waals surface area contributed by atoms with E-state index in [9.17, 15) is 4.79 Å². The lowest BCUT2D eigenvalue weighted by Crippen LogP contribution is -2.11. The molecule has 0 amide bonds. The molecule has 0 aromatic carbocycles. The maximum atomic E-state index is 11.3. The first-order valence-electron chi connectivity index (χ1n) is 5.04. The van der Waals surface area contributed by atoms with Crippen molar-refractivity contribution >= 4 is 5.78 Å². The summed E-state index contributed by atoms with van der Waals surface area (Å²) in [5.74, 6) is 0.312. The molecule has 0 fully saturated rings. The molecular formula is C11H20O4. The summed E-state index contributed by atoms with van der Waals surface area (Å²) >= 11 is 0. The molecule has 0 aromatic rings. The molecule has 0 aromatic heterocycles. The first-order chi connectivity index (χ1) is 7.01. The molecule has 0 radical (unpaired) electrons. The van der Waals surface area contributed by atoms with Crippen LogP contribution in [0.3, 0.4) is 0 Å². The van der Waals surface area contributed by atoms with Crippen LogP contribution in [0.4, 0.5) is 0 Å². The quantitative estimate of drug-likeness (QED) is 0.307. The number of carbonyl (C=O) groups is 1. The third kappa shape index (κ3) is 6.38. The van der Waals surface area contributed by atoms with Gasteiger partial charge in [0.15, 0.2) is 0 Å². The number of ketones is 1. The number of allylic oxidation sites excluding steroid dienone is 1. The molecule has 1 N–H and O–H groups in total. The van der Waals surface area contributed by atoms with E-state index < -0.39 is 6.29 Å². The van der Waals surface area contributed by atoms with E-state index in [2.05, 4.69) is 4.89 Å². The Morgan fingerprint density at radius 3 is 2.40 bits per heavy atom. The van der Waals surface area contributed by atoms with Gasteiger partial charge in [0.2, 0.25) is 6.29 Å². The highest BCUT2D eigenvalue weighted by Gasteiger charge is 2.08. The highest BCUT2D eigenvalue weighted by atomic mass is 17.1. The fourth-order valence-electron chi connectivity index (χ4n) is 1.07. The van der Waals surface area contributed by atoms with Crippen LogP contribution in [0.2, 0.25) is 0 Å². The van der Waals surface area contributed by atoms with E-state index in [1.54, 1.807) is 6.08 Å². The van der Waals surface area contributed by atoms with Gasteiger partial charge in [-0.1, -0.05) is 19.4 Å². The number of carbonyl (C=O) groups excluding carboxylic acids is 1. The van der Waals surface area contributed by atoms with Crippen molar-refractivity contribution in [3.05, 3.63) is 11.6 Å². The van der Waals surface area contributed by atoms with Crippen LogP contribution in [-0.2, 0) is 14.4 Å². The SMILES string of the molecule is COC(/C=C(\C)CCC(=O)C(C)C)OO. The molecule has 88 valence electrons. The van der Waals surface area contributed by atoms with Crippen LogP contribution in [0.1, 0.15) is 33.6 Å². The predicted octanol–water partition coefficient (Wildman–Crippen LogP) is 2.40. The first kappa shape index (κ1) is 14.3. The van der Waals surface area contributed by atoms with E-state index in [1.165, 1.54) is 7.11 Å². The number of rotatable bonds is 7. The number of Topliss-reactive ketones (excluding diaryl/α,β-unsaturated/α-hetero) is 1. The van der Waals surface area contributed by atoms with Gasteiger partial charge in [0.1, 0.15) is 5.78 Å². The summed E-state index contributed by atoms with van der Waals surface area (Å²) in [6.45, 7) is 5.64. The summed E-state index contributed by atoms with van der Waals surface area (Å²) in [6, 6.07) is 0. The van der Waals surface area contributed by atoms with Crippen molar-refractivity contribution in [2.75, 3.05) is 7.11 Å². The number of hydrogen-bond acceptors (Lipinski definition) is 4. The zero-order valence-corrected chi connectivity index (χ0v) is 9.82. The van der Waals surface area contributed by atoms with E-state index in [4.69, 9.17) is 9.99 Å². The van der Waals surface area contributed by atoms with Crippen molar-refractivity contribution in [1.29, 1.82) is 0 Å². The Labute approximate surface area is 90.8 Å². The van der Waals surface area contributed by atoms with E-state index in [1.807, 2.05) is 20.8 Å². The van der Waals surface area contributed by atoms with Gasteiger partial charge >= 0.3 is 0 Å². The summed E-state index contributed by atoms with van der Waals surface area (Å²) in [5, 5.41) is 8.40. The molecule has 0 aliphatic rings. The lowest BCUT2D eigenvalue weighted by Gasteiger charge is -2.08. The van der Waals surface area contributed by atoms with E-state index in [0.29, 0.717) is 12.8 Å². The van der Waals surface area contributed by atoms with E-state index in [-0.39, 0.29) is 11.7 Å². The molecule has 0 aliphatic carbocycles. The lowest BCUT2D eigenvalue weighted by molar-refractivity contribution is -0.323. The van der Waals surface area contributed by atoms with Crippen molar-refractivity contribution in [2.45, 2.75) is 39.9 Å². The smallest absolute Gasteiger partial charge is 0.210 e. The van der Waals surface area contributed by atoms with Crippen molar-refractivity contribution < 1.29 is 19.7 Å². The summed E-state index contributed by atoms with van der Waals surface area (Å²) < 4.78 is 4.79. The molecule has 0 spiro atoms. The van der Waals surface area contributed by atoms with Crippen LogP contribution in [0.15, 0.2) is 11.6 Å². The zero-order valence-electron chi connectivity index (χ0n) is 9.82. The molecule has 1 atom stereocenters. The minimum absolute atomic E-state index is 0.0742. The van der Waals surface area contributed by atoms with Crippen LogP contribution in [0.25, 0.3) is 0 Å². The Bertz CT molecular complexity index is 217. The van der Waals surface area contributed by atoms with Crippen molar-refractivity contribution in [3.8, 4) is 0 Å². The molecule has 4 heteroatoms.